The molecule has 0 N–H and O–H groups in total. The van der Waals surface area contributed by atoms with E-state index in [-0.39, 0.29) is 6.04 Å². The molecule has 0 radical (unpaired) electrons. The van der Waals surface area contributed by atoms with E-state index in [1.165, 1.54) is 24.8 Å². The van der Waals surface area contributed by atoms with Crippen molar-refractivity contribution in [3.63, 3.8) is 0 Å². The van der Waals surface area contributed by atoms with Gasteiger partial charge in [-0.25, -0.2) is 0 Å². The van der Waals surface area contributed by atoms with Crippen LogP contribution >= 0.6 is 0 Å². The SMILES string of the molecule is Cc1ccc(N2CC[C@@H](N3CCCCC3)C2=O)cc1. The van der Waals surface area contributed by atoms with Crippen LogP contribution in [-0.2, 0) is 4.79 Å². The summed E-state index contributed by atoms with van der Waals surface area (Å²) in [6, 6.07) is 8.41. The molecule has 0 saturated carbocycles. The number of likely N-dealkylation sites (tertiary alicyclic amines) is 1. The van der Waals surface area contributed by atoms with Gasteiger partial charge in [-0.15, -0.1) is 0 Å². The second-order valence-corrected chi connectivity index (χ2v) is 5.73. The Kier molecular flexibility index (Phi) is 3.56. The standard InChI is InChI=1S/C16H22N2O/c1-13-5-7-14(8-6-13)18-12-9-15(16(18)19)17-10-3-2-4-11-17/h5-8,15H,2-4,9-12H2,1H3/t15-/m1/s1. The van der Waals surface area contributed by atoms with Crippen LogP contribution in [0.15, 0.2) is 24.3 Å². The molecule has 3 rings (SSSR count). The monoisotopic (exact) mass is 258 g/mol. The van der Waals surface area contributed by atoms with Gasteiger partial charge in [0.2, 0.25) is 5.91 Å². The smallest absolute Gasteiger partial charge is 0.244 e. The predicted molar refractivity (Wildman–Crippen MR) is 77.4 cm³/mol. The lowest BCUT2D eigenvalue weighted by Crippen LogP contribution is -2.44. The molecule has 2 saturated heterocycles. The first-order chi connectivity index (χ1) is 9.25. The minimum atomic E-state index is 0.126. The third-order valence-electron chi connectivity index (χ3n) is 4.35. The van der Waals surface area contributed by atoms with Crippen molar-refractivity contribution in [2.45, 2.75) is 38.6 Å². The highest BCUT2D eigenvalue weighted by molar-refractivity contribution is 5.99. The molecule has 0 bridgehead atoms. The molecule has 0 aromatic heterocycles. The molecule has 1 amide bonds. The van der Waals surface area contributed by atoms with Gasteiger partial charge in [-0.2, -0.15) is 0 Å². The number of anilines is 1. The van der Waals surface area contributed by atoms with Crippen molar-refractivity contribution in [3.8, 4) is 0 Å². The Balaban J connectivity index is 1.72. The summed E-state index contributed by atoms with van der Waals surface area (Å²) in [5.74, 6) is 0.297. The van der Waals surface area contributed by atoms with E-state index < -0.39 is 0 Å². The molecule has 0 unspecified atom stereocenters. The van der Waals surface area contributed by atoms with Crippen LogP contribution < -0.4 is 4.90 Å². The highest BCUT2D eigenvalue weighted by Gasteiger charge is 2.36. The maximum Gasteiger partial charge on any atom is 0.244 e. The average molecular weight is 258 g/mol. The lowest BCUT2D eigenvalue weighted by atomic mass is 10.1. The maximum absolute atomic E-state index is 12.6. The summed E-state index contributed by atoms with van der Waals surface area (Å²) < 4.78 is 0. The molecule has 2 aliphatic heterocycles. The van der Waals surface area contributed by atoms with E-state index in [2.05, 4.69) is 36.1 Å². The third-order valence-corrected chi connectivity index (χ3v) is 4.35. The fraction of sp³-hybridized carbons (Fsp3) is 0.562. The number of nitrogens with zero attached hydrogens (tertiary/aromatic N) is 2. The second-order valence-electron chi connectivity index (χ2n) is 5.73. The van der Waals surface area contributed by atoms with Crippen LogP contribution in [0.4, 0.5) is 5.69 Å². The maximum atomic E-state index is 12.6. The van der Waals surface area contributed by atoms with Crippen molar-refractivity contribution in [2.24, 2.45) is 0 Å². The molecule has 2 heterocycles. The van der Waals surface area contributed by atoms with E-state index in [0.717, 1.165) is 31.7 Å². The molecule has 0 aliphatic carbocycles. The zero-order valence-corrected chi connectivity index (χ0v) is 11.6. The minimum Gasteiger partial charge on any atom is -0.311 e. The number of aryl methyl sites for hydroxylation is 1. The number of carbonyl (C=O) groups excluding carboxylic acids is 1. The molecule has 0 spiro atoms. The molecule has 19 heavy (non-hydrogen) atoms. The van der Waals surface area contributed by atoms with Crippen LogP contribution in [0.25, 0.3) is 0 Å². The Morgan fingerprint density at radius 2 is 1.68 bits per heavy atom. The fourth-order valence-corrected chi connectivity index (χ4v) is 3.21. The van der Waals surface area contributed by atoms with Gasteiger partial charge in [0, 0.05) is 12.2 Å². The largest absolute Gasteiger partial charge is 0.311 e. The molecule has 1 atom stereocenters. The van der Waals surface area contributed by atoms with Crippen molar-refractivity contribution in [1.29, 1.82) is 0 Å². The van der Waals surface area contributed by atoms with Crippen molar-refractivity contribution in [2.75, 3.05) is 24.5 Å². The van der Waals surface area contributed by atoms with E-state index in [0.29, 0.717) is 5.91 Å². The van der Waals surface area contributed by atoms with E-state index >= 15 is 0 Å². The topological polar surface area (TPSA) is 23.6 Å². The van der Waals surface area contributed by atoms with E-state index in [4.69, 9.17) is 0 Å². The van der Waals surface area contributed by atoms with E-state index in [9.17, 15) is 4.79 Å². The third kappa shape index (κ3) is 2.52. The van der Waals surface area contributed by atoms with Crippen molar-refractivity contribution < 1.29 is 4.79 Å². The van der Waals surface area contributed by atoms with Crippen LogP contribution in [0.3, 0.4) is 0 Å². The first-order valence-corrected chi connectivity index (χ1v) is 7.38. The quantitative estimate of drug-likeness (QED) is 0.814. The molecular weight excluding hydrogens is 236 g/mol. The van der Waals surface area contributed by atoms with Gasteiger partial charge in [0.1, 0.15) is 0 Å². The van der Waals surface area contributed by atoms with E-state index in [1.807, 2.05) is 4.90 Å². The normalized spacial score (nSPS) is 25.0. The zero-order chi connectivity index (χ0) is 13.2. The summed E-state index contributed by atoms with van der Waals surface area (Å²) in [4.78, 5) is 16.9. The Bertz CT molecular complexity index is 448. The minimum absolute atomic E-state index is 0.126. The summed E-state index contributed by atoms with van der Waals surface area (Å²) in [7, 11) is 0. The van der Waals surface area contributed by atoms with Crippen LogP contribution in [0.2, 0.25) is 0 Å². The molecular formula is C16H22N2O. The van der Waals surface area contributed by atoms with Crippen LogP contribution in [0.5, 0.6) is 0 Å². The molecule has 1 aromatic rings. The van der Waals surface area contributed by atoms with E-state index in [1.54, 1.807) is 0 Å². The zero-order valence-electron chi connectivity index (χ0n) is 11.6. The second kappa shape index (κ2) is 5.33. The highest BCUT2D eigenvalue weighted by atomic mass is 16.2. The van der Waals surface area contributed by atoms with Crippen LogP contribution in [0.1, 0.15) is 31.2 Å². The fourth-order valence-electron chi connectivity index (χ4n) is 3.21. The van der Waals surface area contributed by atoms with Crippen LogP contribution in [-0.4, -0.2) is 36.5 Å². The average Bonchev–Trinajstić information content (AvgIpc) is 2.83. The van der Waals surface area contributed by atoms with Gasteiger partial charge in [-0.05, 0) is 51.4 Å². The summed E-state index contributed by atoms with van der Waals surface area (Å²) in [5, 5.41) is 0. The van der Waals surface area contributed by atoms with Gasteiger partial charge >= 0.3 is 0 Å². The molecule has 3 heteroatoms. The van der Waals surface area contributed by atoms with Crippen molar-refractivity contribution in [1.82, 2.24) is 4.90 Å². The van der Waals surface area contributed by atoms with Gasteiger partial charge in [0.25, 0.3) is 0 Å². The molecule has 2 aliphatic rings. The summed E-state index contributed by atoms with van der Waals surface area (Å²) in [6.45, 7) is 5.13. The van der Waals surface area contributed by atoms with Crippen molar-refractivity contribution in [3.05, 3.63) is 29.8 Å². The Labute approximate surface area is 115 Å². The van der Waals surface area contributed by atoms with Gasteiger partial charge < -0.3 is 4.90 Å². The summed E-state index contributed by atoms with van der Waals surface area (Å²) in [5.41, 5.74) is 2.29. The lowest BCUT2D eigenvalue weighted by Gasteiger charge is -2.31. The van der Waals surface area contributed by atoms with Gasteiger partial charge in [0.05, 0.1) is 6.04 Å². The number of hydrogen-bond acceptors (Lipinski definition) is 2. The Morgan fingerprint density at radius 3 is 2.37 bits per heavy atom. The van der Waals surface area contributed by atoms with Crippen LogP contribution in [0, 0.1) is 6.92 Å². The highest BCUT2D eigenvalue weighted by Crippen LogP contribution is 2.26. The number of piperidine rings is 1. The first kappa shape index (κ1) is 12.7. The van der Waals surface area contributed by atoms with Gasteiger partial charge in [-0.3, -0.25) is 9.69 Å². The number of benzene rings is 1. The van der Waals surface area contributed by atoms with Gasteiger partial charge in [-0.1, -0.05) is 24.1 Å². The first-order valence-electron chi connectivity index (χ1n) is 7.38. The number of hydrogen-bond donors (Lipinski definition) is 0. The number of carbonyl (C=O) groups is 1. The molecule has 2 fully saturated rings. The van der Waals surface area contributed by atoms with Crippen molar-refractivity contribution >= 4 is 11.6 Å². The molecule has 1 aromatic carbocycles. The molecule has 102 valence electrons. The Morgan fingerprint density at radius 1 is 1.00 bits per heavy atom. The Hall–Kier alpha value is -1.35. The predicted octanol–water partition coefficient (Wildman–Crippen LogP) is 2.59. The number of amides is 1. The number of rotatable bonds is 2. The van der Waals surface area contributed by atoms with Gasteiger partial charge in [0.15, 0.2) is 0 Å². The lowest BCUT2D eigenvalue weighted by molar-refractivity contribution is -0.122. The summed E-state index contributed by atoms with van der Waals surface area (Å²) >= 11 is 0. The molecule has 3 nitrogen and oxygen atoms in total. The summed E-state index contributed by atoms with van der Waals surface area (Å²) in [6.07, 6.45) is 4.79.